The lowest BCUT2D eigenvalue weighted by Gasteiger charge is -2.18. The third-order valence-corrected chi connectivity index (χ3v) is 9.53. The number of hydrogen-bond acceptors (Lipinski definition) is 2. The van der Waals surface area contributed by atoms with Crippen LogP contribution in [0.15, 0.2) is 140 Å². The second-order valence-electron chi connectivity index (χ2n) is 10.2. The van der Waals surface area contributed by atoms with Gasteiger partial charge in [0.05, 0.1) is 22.8 Å². The molecule has 3 aromatic carbocycles. The fraction of sp³-hybridized carbons (Fsp3) is 0. The van der Waals surface area contributed by atoms with Crippen molar-refractivity contribution in [2.45, 2.75) is 0 Å². The molecule has 6 aromatic rings. The lowest BCUT2D eigenvalue weighted by Crippen LogP contribution is -2.20. The molecule has 0 aliphatic carbocycles. The van der Waals surface area contributed by atoms with Crippen molar-refractivity contribution in [2.75, 3.05) is 0 Å². The number of H-pyrrole nitrogens is 2. The smallest absolute Gasteiger partial charge is 0.0659 e. The van der Waals surface area contributed by atoms with Gasteiger partial charge in [0.1, 0.15) is 0 Å². The standard InChI is InChI=1S/C20H14N4.C18H15P.Al/c1-2-14-10-16-5-6-18(23-16)12-20-8-7-19(24-20)11-17-4-3-15(22-17)9-13(1)21-14;1-4-10-16(11-5-1)19(17-12-6-2-7-13-17)18-14-8-3-9-15-18;/h1-12,21-22H;1-15H;. The normalized spacial score (nSPS) is 11.5. The number of aromatic amines is 2. The van der Waals surface area contributed by atoms with E-state index in [0.29, 0.717) is 0 Å². The molecule has 8 bridgehead atoms. The van der Waals surface area contributed by atoms with Crippen LogP contribution < -0.4 is 15.9 Å². The van der Waals surface area contributed by atoms with Gasteiger partial charge in [0.15, 0.2) is 0 Å². The number of hydrogen-bond donors (Lipinski definition) is 2. The highest BCUT2D eigenvalue weighted by Gasteiger charge is 2.15. The van der Waals surface area contributed by atoms with Gasteiger partial charge in [-0.05, 0) is 96.7 Å². The Labute approximate surface area is 268 Å². The number of fused-ring (bicyclic) bond motifs is 8. The molecule has 0 fully saturated rings. The van der Waals surface area contributed by atoms with Crippen molar-refractivity contribution in [3.8, 4) is 0 Å². The second kappa shape index (κ2) is 13.7. The fourth-order valence-corrected chi connectivity index (χ4v) is 7.43. The summed E-state index contributed by atoms with van der Waals surface area (Å²) in [7, 11) is -0.446. The summed E-state index contributed by atoms with van der Waals surface area (Å²) in [6, 6.07) is 48.7. The number of nitrogens with zero attached hydrogens (tertiary/aromatic N) is 2. The zero-order valence-corrected chi connectivity index (χ0v) is 26.1. The molecular formula is C38H29AlN4P. The SMILES string of the molecule is C1=Cc2cc3ccc(cc4ccc(cc5nc(cc1n2)C=C5)[nH]4)[nH]3.[Al].c1ccc(P(c2ccccc2)c2ccccc2)cc1. The Balaban J connectivity index is 0.000000157. The molecule has 0 spiro atoms. The van der Waals surface area contributed by atoms with Crippen LogP contribution in [0.2, 0.25) is 0 Å². The van der Waals surface area contributed by atoms with Crippen LogP contribution in [-0.4, -0.2) is 37.3 Å². The van der Waals surface area contributed by atoms with Crippen molar-refractivity contribution in [1.82, 2.24) is 19.9 Å². The van der Waals surface area contributed by atoms with Crippen molar-refractivity contribution in [3.63, 3.8) is 0 Å². The molecule has 0 saturated heterocycles. The first-order valence-electron chi connectivity index (χ1n) is 14.2. The summed E-state index contributed by atoms with van der Waals surface area (Å²) in [5.74, 6) is 0. The molecule has 4 nitrogen and oxygen atoms in total. The molecule has 8 rings (SSSR count). The number of benzene rings is 3. The van der Waals surface area contributed by atoms with E-state index < -0.39 is 7.92 Å². The molecule has 2 N–H and O–H groups in total. The Morgan fingerprint density at radius 1 is 0.364 bits per heavy atom. The molecule has 44 heavy (non-hydrogen) atoms. The zero-order chi connectivity index (χ0) is 28.8. The fourth-order valence-electron chi connectivity index (χ4n) is 5.12. The molecule has 0 amide bonds. The maximum absolute atomic E-state index is 4.62. The third-order valence-electron chi connectivity index (χ3n) is 7.09. The van der Waals surface area contributed by atoms with Gasteiger partial charge in [-0.25, -0.2) is 9.97 Å². The monoisotopic (exact) mass is 599 g/mol. The van der Waals surface area contributed by atoms with Gasteiger partial charge in [0.2, 0.25) is 0 Å². The van der Waals surface area contributed by atoms with E-state index in [2.05, 4.69) is 141 Å². The summed E-state index contributed by atoms with van der Waals surface area (Å²) < 4.78 is 0. The van der Waals surface area contributed by atoms with Crippen molar-refractivity contribution in [3.05, 3.63) is 162 Å². The average Bonchev–Trinajstić information content (AvgIpc) is 3.86. The highest BCUT2D eigenvalue weighted by atomic mass is 31.1. The van der Waals surface area contributed by atoms with E-state index in [1.807, 2.05) is 42.5 Å². The van der Waals surface area contributed by atoms with Gasteiger partial charge in [-0.15, -0.1) is 0 Å². The molecule has 0 saturated carbocycles. The summed E-state index contributed by atoms with van der Waals surface area (Å²) in [6.45, 7) is 0. The number of nitrogens with one attached hydrogen (secondary N) is 2. The van der Waals surface area contributed by atoms with Gasteiger partial charge in [-0.2, -0.15) is 0 Å². The average molecular weight is 600 g/mol. The predicted octanol–water partition coefficient (Wildman–Crippen LogP) is 7.72. The van der Waals surface area contributed by atoms with E-state index in [4.69, 9.17) is 0 Å². The van der Waals surface area contributed by atoms with E-state index in [-0.39, 0.29) is 17.4 Å². The summed E-state index contributed by atoms with van der Waals surface area (Å²) in [4.78, 5) is 16.0. The van der Waals surface area contributed by atoms with Gasteiger partial charge in [0.25, 0.3) is 0 Å². The lowest BCUT2D eigenvalue weighted by molar-refractivity contribution is 1.28. The topological polar surface area (TPSA) is 57.4 Å². The number of rotatable bonds is 3. The molecule has 0 atom stereocenters. The van der Waals surface area contributed by atoms with Gasteiger partial charge in [-0.3, -0.25) is 0 Å². The Morgan fingerprint density at radius 3 is 1.05 bits per heavy atom. The minimum absolute atomic E-state index is 0. The highest BCUT2D eigenvalue weighted by molar-refractivity contribution is 7.79. The zero-order valence-electron chi connectivity index (χ0n) is 24.0. The van der Waals surface area contributed by atoms with Crippen LogP contribution in [0, 0.1) is 0 Å². The van der Waals surface area contributed by atoms with Crippen molar-refractivity contribution < 1.29 is 0 Å². The molecule has 3 aromatic heterocycles. The molecule has 209 valence electrons. The quantitative estimate of drug-likeness (QED) is 0.161. The first-order chi connectivity index (χ1) is 21.2. The van der Waals surface area contributed by atoms with Crippen LogP contribution in [0.25, 0.3) is 46.4 Å². The van der Waals surface area contributed by atoms with E-state index in [9.17, 15) is 0 Å². The molecule has 6 heteroatoms. The third kappa shape index (κ3) is 7.05. The van der Waals surface area contributed by atoms with Gasteiger partial charge in [0, 0.05) is 39.4 Å². The van der Waals surface area contributed by atoms with Gasteiger partial charge in [-0.1, -0.05) is 91.0 Å². The molecule has 2 aliphatic rings. The molecule has 5 heterocycles. The Kier molecular flexibility index (Phi) is 9.11. The van der Waals surface area contributed by atoms with Crippen LogP contribution in [0.3, 0.4) is 0 Å². The van der Waals surface area contributed by atoms with Crippen molar-refractivity contribution in [1.29, 1.82) is 0 Å². The van der Waals surface area contributed by atoms with Crippen molar-refractivity contribution >= 4 is 87.6 Å². The summed E-state index contributed by atoms with van der Waals surface area (Å²) in [6.07, 6.45) is 8.05. The minimum Gasteiger partial charge on any atom is -0.355 e. The Hall–Kier alpha value is -4.78. The summed E-state index contributed by atoms with van der Waals surface area (Å²) in [5, 5.41) is 4.19. The Morgan fingerprint density at radius 2 is 0.682 bits per heavy atom. The minimum atomic E-state index is -0.446. The first kappa shape index (κ1) is 29.3. The van der Waals surface area contributed by atoms with E-state index in [1.54, 1.807) is 0 Å². The maximum atomic E-state index is 4.62. The highest BCUT2D eigenvalue weighted by Crippen LogP contribution is 2.32. The maximum Gasteiger partial charge on any atom is 0.0659 e. The predicted molar refractivity (Wildman–Crippen MR) is 190 cm³/mol. The summed E-state index contributed by atoms with van der Waals surface area (Å²) >= 11 is 0. The second-order valence-corrected chi connectivity index (χ2v) is 12.5. The number of aromatic nitrogens is 4. The van der Waals surface area contributed by atoms with Gasteiger partial charge < -0.3 is 9.97 Å². The Bertz CT molecular complexity index is 1900. The van der Waals surface area contributed by atoms with E-state index in [0.717, 1.165) is 44.8 Å². The van der Waals surface area contributed by atoms with Crippen LogP contribution >= 0.6 is 7.92 Å². The van der Waals surface area contributed by atoms with E-state index in [1.165, 1.54) is 15.9 Å². The molecule has 0 unspecified atom stereocenters. The van der Waals surface area contributed by atoms with Crippen LogP contribution in [0.4, 0.5) is 0 Å². The molecular weight excluding hydrogens is 570 g/mol. The van der Waals surface area contributed by atoms with Crippen LogP contribution in [0.5, 0.6) is 0 Å². The van der Waals surface area contributed by atoms with E-state index >= 15 is 0 Å². The molecule has 2 aliphatic heterocycles. The molecule has 3 radical (unpaired) electrons. The first-order valence-corrected chi connectivity index (χ1v) is 15.6. The van der Waals surface area contributed by atoms with Gasteiger partial charge >= 0.3 is 0 Å². The lowest BCUT2D eigenvalue weighted by atomic mass is 10.3. The van der Waals surface area contributed by atoms with Crippen LogP contribution in [0.1, 0.15) is 22.8 Å². The summed E-state index contributed by atoms with van der Waals surface area (Å²) in [5.41, 5.74) is 7.86. The largest absolute Gasteiger partial charge is 0.355 e. The van der Waals surface area contributed by atoms with Crippen molar-refractivity contribution in [2.24, 2.45) is 0 Å². The van der Waals surface area contributed by atoms with Crippen LogP contribution in [-0.2, 0) is 0 Å².